The molecule has 2 aromatic carbocycles. The van der Waals surface area contributed by atoms with Crippen LogP contribution in [0, 0.1) is 19.7 Å². The number of carbonyl (C=O) groups excluding carboxylic acids is 2. The topological polar surface area (TPSA) is 68.3 Å². The standard InChI is InChI=1S/C21H19FN2O3/c1-12-15-8-4-6-10-17(15)23-13(2)19(12)21(26)27-14(3)20(25)24-18-11-7-5-9-16(18)22/h4-11,14H,1-3H3,(H,24,25)/t14-/m0/s1. The Morgan fingerprint density at radius 1 is 1.07 bits per heavy atom. The molecule has 0 aliphatic heterocycles. The van der Waals surface area contributed by atoms with Crippen LogP contribution in [-0.2, 0) is 9.53 Å². The van der Waals surface area contributed by atoms with Gasteiger partial charge in [0.2, 0.25) is 0 Å². The molecular weight excluding hydrogens is 347 g/mol. The van der Waals surface area contributed by atoms with Crippen molar-refractivity contribution in [2.24, 2.45) is 0 Å². The molecule has 1 atom stereocenters. The number of amides is 1. The lowest BCUT2D eigenvalue weighted by Gasteiger charge is -2.16. The van der Waals surface area contributed by atoms with E-state index in [4.69, 9.17) is 4.74 Å². The Morgan fingerprint density at radius 2 is 1.74 bits per heavy atom. The molecule has 27 heavy (non-hydrogen) atoms. The minimum Gasteiger partial charge on any atom is -0.449 e. The minimum absolute atomic E-state index is 0.0325. The van der Waals surface area contributed by atoms with Gasteiger partial charge in [0.05, 0.1) is 22.5 Å². The molecule has 3 rings (SSSR count). The zero-order chi connectivity index (χ0) is 19.6. The predicted molar refractivity (Wildman–Crippen MR) is 101 cm³/mol. The van der Waals surface area contributed by atoms with Crippen molar-refractivity contribution in [3.8, 4) is 0 Å². The number of esters is 1. The van der Waals surface area contributed by atoms with Gasteiger partial charge < -0.3 is 10.1 Å². The summed E-state index contributed by atoms with van der Waals surface area (Å²) in [6, 6.07) is 13.3. The number of hydrogen-bond donors (Lipinski definition) is 1. The van der Waals surface area contributed by atoms with Gasteiger partial charge in [-0.1, -0.05) is 30.3 Å². The lowest BCUT2D eigenvalue weighted by Crippen LogP contribution is -2.30. The first-order valence-corrected chi connectivity index (χ1v) is 8.50. The van der Waals surface area contributed by atoms with Crippen LogP contribution in [-0.4, -0.2) is 23.0 Å². The highest BCUT2D eigenvalue weighted by molar-refractivity contribution is 6.01. The molecule has 5 nitrogen and oxygen atoms in total. The number of hydrogen-bond acceptors (Lipinski definition) is 4. The lowest BCUT2D eigenvalue weighted by molar-refractivity contribution is -0.123. The number of aromatic nitrogens is 1. The fraction of sp³-hybridized carbons (Fsp3) is 0.190. The summed E-state index contributed by atoms with van der Waals surface area (Å²) >= 11 is 0. The number of aryl methyl sites for hydroxylation is 2. The summed E-state index contributed by atoms with van der Waals surface area (Å²) in [5.74, 6) is -1.81. The summed E-state index contributed by atoms with van der Waals surface area (Å²) < 4.78 is 19.0. The third-order valence-electron chi connectivity index (χ3n) is 4.32. The second kappa shape index (κ2) is 7.53. The quantitative estimate of drug-likeness (QED) is 0.704. The van der Waals surface area contributed by atoms with Crippen molar-refractivity contribution in [2.45, 2.75) is 26.9 Å². The summed E-state index contributed by atoms with van der Waals surface area (Å²) in [7, 11) is 0. The fourth-order valence-electron chi connectivity index (χ4n) is 2.90. The Morgan fingerprint density at radius 3 is 2.48 bits per heavy atom. The maximum atomic E-state index is 13.7. The van der Waals surface area contributed by atoms with E-state index in [1.54, 1.807) is 13.0 Å². The summed E-state index contributed by atoms with van der Waals surface area (Å²) in [4.78, 5) is 29.3. The molecule has 1 N–H and O–H groups in total. The third kappa shape index (κ3) is 3.79. The summed E-state index contributed by atoms with van der Waals surface area (Å²) in [5, 5.41) is 3.26. The van der Waals surface area contributed by atoms with Gasteiger partial charge in [-0.25, -0.2) is 9.18 Å². The van der Waals surface area contributed by atoms with Gasteiger partial charge in [0.25, 0.3) is 5.91 Å². The van der Waals surface area contributed by atoms with Crippen LogP contribution < -0.4 is 5.32 Å². The maximum Gasteiger partial charge on any atom is 0.341 e. The highest BCUT2D eigenvalue weighted by atomic mass is 19.1. The van der Waals surface area contributed by atoms with E-state index < -0.39 is 23.8 Å². The van der Waals surface area contributed by atoms with Crippen molar-refractivity contribution in [3.63, 3.8) is 0 Å². The SMILES string of the molecule is Cc1nc2ccccc2c(C)c1C(=O)O[C@@H](C)C(=O)Nc1ccccc1F. The second-order valence-electron chi connectivity index (χ2n) is 6.23. The summed E-state index contributed by atoms with van der Waals surface area (Å²) in [5.41, 5.74) is 2.42. The molecule has 0 fully saturated rings. The zero-order valence-corrected chi connectivity index (χ0v) is 15.2. The van der Waals surface area contributed by atoms with Gasteiger partial charge in [0, 0.05) is 5.39 Å². The average Bonchev–Trinajstić information content (AvgIpc) is 2.63. The molecule has 3 aromatic rings. The second-order valence-corrected chi connectivity index (χ2v) is 6.23. The molecule has 0 radical (unpaired) electrons. The fourth-order valence-corrected chi connectivity index (χ4v) is 2.90. The van der Waals surface area contributed by atoms with Gasteiger partial charge in [-0.15, -0.1) is 0 Å². The molecule has 0 aliphatic rings. The van der Waals surface area contributed by atoms with Gasteiger partial charge in [-0.05, 0) is 44.5 Å². The van der Waals surface area contributed by atoms with Gasteiger partial charge in [-0.3, -0.25) is 9.78 Å². The molecular formula is C21H19FN2O3. The Hall–Kier alpha value is -3.28. The molecule has 0 spiro atoms. The average molecular weight is 366 g/mol. The van der Waals surface area contributed by atoms with Gasteiger partial charge in [0.15, 0.2) is 6.10 Å². The van der Waals surface area contributed by atoms with E-state index in [1.807, 2.05) is 31.2 Å². The van der Waals surface area contributed by atoms with Gasteiger partial charge >= 0.3 is 5.97 Å². The molecule has 0 unspecified atom stereocenters. The number of fused-ring (bicyclic) bond motifs is 1. The van der Waals surface area contributed by atoms with Crippen molar-refractivity contribution in [1.29, 1.82) is 0 Å². The highest BCUT2D eigenvalue weighted by Crippen LogP contribution is 2.23. The Bertz CT molecular complexity index is 1030. The van der Waals surface area contributed by atoms with Crippen molar-refractivity contribution in [2.75, 3.05) is 5.32 Å². The van der Waals surface area contributed by atoms with Crippen LogP contribution in [0.15, 0.2) is 48.5 Å². The Balaban J connectivity index is 1.80. The van der Waals surface area contributed by atoms with Crippen LogP contribution in [0.1, 0.15) is 28.5 Å². The molecule has 0 saturated carbocycles. The zero-order valence-electron chi connectivity index (χ0n) is 15.2. The Labute approximate surface area is 156 Å². The van der Waals surface area contributed by atoms with E-state index in [-0.39, 0.29) is 5.69 Å². The molecule has 0 saturated heterocycles. The normalized spacial score (nSPS) is 11.9. The number of ether oxygens (including phenoxy) is 1. The highest BCUT2D eigenvalue weighted by Gasteiger charge is 2.23. The number of rotatable bonds is 4. The number of nitrogens with one attached hydrogen (secondary N) is 1. The van der Waals surface area contributed by atoms with Crippen molar-refractivity contribution >= 4 is 28.5 Å². The smallest absolute Gasteiger partial charge is 0.341 e. The molecule has 0 aliphatic carbocycles. The largest absolute Gasteiger partial charge is 0.449 e. The predicted octanol–water partition coefficient (Wildman–Crippen LogP) is 4.17. The summed E-state index contributed by atoms with van der Waals surface area (Å²) in [6.07, 6.45) is -1.10. The number of pyridine rings is 1. The number of benzene rings is 2. The van der Waals surface area contributed by atoms with E-state index in [0.717, 1.165) is 16.5 Å². The lowest BCUT2D eigenvalue weighted by atomic mass is 10.0. The maximum absolute atomic E-state index is 13.7. The molecule has 1 heterocycles. The van der Waals surface area contributed by atoms with Crippen LogP contribution in [0.2, 0.25) is 0 Å². The number of para-hydroxylation sites is 2. The van der Waals surface area contributed by atoms with Gasteiger partial charge in [-0.2, -0.15) is 0 Å². The first-order valence-electron chi connectivity index (χ1n) is 8.50. The number of halogens is 1. The van der Waals surface area contributed by atoms with Gasteiger partial charge in [0.1, 0.15) is 5.82 Å². The minimum atomic E-state index is -1.10. The Kier molecular flexibility index (Phi) is 5.16. The van der Waals surface area contributed by atoms with Crippen molar-refractivity contribution in [1.82, 2.24) is 4.98 Å². The van der Waals surface area contributed by atoms with Crippen LogP contribution in [0.5, 0.6) is 0 Å². The van der Waals surface area contributed by atoms with Crippen LogP contribution in [0.25, 0.3) is 10.9 Å². The first kappa shape index (κ1) is 18.5. The van der Waals surface area contributed by atoms with E-state index in [9.17, 15) is 14.0 Å². The molecule has 6 heteroatoms. The number of anilines is 1. The number of nitrogens with zero attached hydrogens (tertiary/aromatic N) is 1. The summed E-state index contributed by atoms with van der Waals surface area (Å²) in [6.45, 7) is 4.98. The van der Waals surface area contributed by atoms with E-state index in [0.29, 0.717) is 11.3 Å². The molecule has 1 amide bonds. The van der Waals surface area contributed by atoms with Crippen molar-refractivity contribution in [3.05, 3.63) is 71.2 Å². The van der Waals surface area contributed by atoms with Crippen molar-refractivity contribution < 1.29 is 18.7 Å². The molecule has 138 valence electrons. The van der Waals surface area contributed by atoms with Crippen LogP contribution >= 0.6 is 0 Å². The van der Waals surface area contributed by atoms with Crippen LogP contribution in [0.3, 0.4) is 0 Å². The van der Waals surface area contributed by atoms with Crippen LogP contribution in [0.4, 0.5) is 10.1 Å². The first-order chi connectivity index (χ1) is 12.9. The van der Waals surface area contributed by atoms with E-state index in [2.05, 4.69) is 10.3 Å². The number of carbonyl (C=O) groups is 2. The monoisotopic (exact) mass is 366 g/mol. The third-order valence-corrected chi connectivity index (χ3v) is 4.32. The molecule has 1 aromatic heterocycles. The van der Waals surface area contributed by atoms with E-state index >= 15 is 0 Å². The molecule has 0 bridgehead atoms. The van der Waals surface area contributed by atoms with E-state index in [1.165, 1.54) is 25.1 Å².